The van der Waals surface area contributed by atoms with E-state index in [0.29, 0.717) is 5.75 Å². The molecule has 0 amide bonds. The van der Waals surface area contributed by atoms with Gasteiger partial charge in [-0.2, -0.15) is 0 Å². The molecule has 0 spiro atoms. The molecular formula is C9H7NO3. The van der Waals surface area contributed by atoms with Crippen LogP contribution >= 0.6 is 0 Å². The first kappa shape index (κ1) is 7.67. The van der Waals surface area contributed by atoms with Crippen molar-refractivity contribution in [2.75, 3.05) is 5.32 Å². The fraction of sp³-hybridized carbons (Fsp3) is 0. The maximum atomic E-state index is 10.5. The Bertz CT molecular complexity index is 384. The van der Waals surface area contributed by atoms with E-state index in [4.69, 9.17) is 9.84 Å². The van der Waals surface area contributed by atoms with Gasteiger partial charge in [0.1, 0.15) is 0 Å². The number of carbonyl (C=O) groups is 1. The third-order valence-corrected chi connectivity index (χ3v) is 1.68. The molecule has 0 saturated heterocycles. The van der Waals surface area contributed by atoms with Crippen LogP contribution in [-0.4, -0.2) is 11.1 Å². The summed E-state index contributed by atoms with van der Waals surface area (Å²) in [4.78, 5) is 10.5. The van der Waals surface area contributed by atoms with Crippen molar-refractivity contribution in [1.82, 2.24) is 0 Å². The minimum atomic E-state index is -1.08. The van der Waals surface area contributed by atoms with Crippen LogP contribution in [0.3, 0.4) is 0 Å². The van der Waals surface area contributed by atoms with Gasteiger partial charge in [-0.3, -0.25) is 0 Å². The first-order valence-corrected chi connectivity index (χ1v) is 3.74. The number of rotatable bonds is 1. The lowest BCUT2D eigenvalue weighted by Gasteiger charge is -2.15. The minimum absolute atomic E-state index is 0.0984. The maximum Gasteiger partial charge on any atom is 0.373 e. The second-order valence-corrected chi connectivity index (χ2v) is 2.56. The van der Waals surface area contributed by atoms with Crippen molar-refractivity contribution in [1.29, 1.82) is 0 Å². The van der Waals surface area contributed by atoms with Crippen molar-refractivity contribution < 1.29 is 14.6 Å². The van der Waals surface area contributed by atoms with E-state index in [1.165, 1.54) is 6.20 Å². The van der Waals surface area contributed by atoms with E-state index in [1.54, 1.807) is 12.1 Å². The molecule has 0 saturated carbocycles. The summed E-state index contributed by atoms with van der Waals surface area (Å²) < 4.78 is 5.09. The topological polar surface area (TPSA) is 58.6 Å². The number of benzene rings is 1. The van der Waals surface area contributed by atoms with E-state index in [2.05, 4.69) is 5.32 Å². The van der Waals surface area contributed by atoms with Crippen molar-refractivity contribution in [3.05, 3.63) is 36.2 Å². The van der Waals surface area contributed by atoms with Crippen LogP contribution in [0.5, 0.6) is 5.75 Å². The Labute approximate surface area is 74.4 Å². The summed E-state index contributed by atoms with van der Waals surface area (Å²) in [6.45, 7) is 0. The van der Waals surface area contributed by atoms with E-state index < -0.39 is 5.97 Å². The highest BCUT2D eigenvalue weighted by Gasteiger charge is 2.16. The summed E-state index contributed by atoms with van der Waals surface area (Å²) >= 11 is 0. The molecule has 0 unspecified atom stereocenters. The normalized spacial score (nSPS) is 13.4. The number of nitrogens with one attached hydrogen (secondary N) is 1. The number of para-hydroxylation sites is 2. The molecule has 0 aliphatic carbocycles. The van der Waals surface area contributed by atoms with Gasteiger partial charge in [0.2, 0.25) is 5.76 Å². The molecule has 0 fully saturated rings. The first-order valence-electron chi connectivity index (χ1n) is 3.74. The van der Waals surface area contributed by atoms with E-state index in [1.807, 2.05) is 12.1 Å². The predicted octanol–water partition coefficient (Wildman–Crippen LogP) is 1.42. The Morgan fingerprint density at radius 3 is 2.92 bits per heavy atom. The smallest absolute Gasteiger partial charge is 0.373 e. The fourth-order valence-corrected chi connectivity index (χ4v) is 1.07. The van der Waals surface area contributed by atoms with Crippen molar-refractivity contribution in [2.24, 2.45) is 0 Å². The molecule has 2 rings (SSSR count). The number of carboxylic acid groups (broad SMARTS) is 1. The van der Waals surface area contributed by atoms with E-state index in [9.17, 15) is 4.79 Å². The van der Waals surface area contributed by atoms with Gasteiger partial charge in [0.15, 0.2) is 5.75 Å². The zero-order valence-electron chi connectivity index (χ0n) is 6.65. The average Bonchev–Trinajstić information content (AvgIpc) is 2.17. The Balaban J connectivity index is 2.33. The Kier molecular flexibility index (Phi) is 1.66. The summed E-state index contributed by atoms with van der Waals surface area (Å²) in [5, 5.41) is 11.5. The van der Waals surface area contributed by atoms with Crippen LogP contribution in [0.25, 0.3) is 0 Å². The van der Waals surface area contributed by atoms with Gasteiger partial charge in [0.05, 0.1) is 11.9 Å². The molecule has 0 radical (unpaired) electrons. The molecule has 1 aromatic carbocycles. The number of anilines is 1. The minimum Gasteiger partial charge on any atom is -0.475 e. The van der Waals surface area contributed by atoms with Crippen LogP contribution in [0.15, 0.2) is 36.2 Å². The summed E-state index contributed by atoms with van der Waals surface area (Å²) in [5.74, 6) is -0.650. The van der Waals surface area contributed by atoms with Crippen LogP contribution in [0, 0.1) is 0 Å². The number of hydrogen-bond acceptors (Lipinski definition) is 3. The van der Waals surface area contributed by atoms with Crippen LogP contribution in [0.1, 0.15) is 0 Å². The van der Waals surface area contributed by atoms with Gasteiger partial charge < -0.3 is 15.2 Å². The van der Waals surface area contributed by atoms with Crippen LogP contribution < -0.4 is 10.1 Å². The third-order valence-electron chi connectivity index (χ3n) is 1.68. The molecule has 1 aliphatic rings. The average molecular weight is 177 g/mol. The maximum absolute atomic E-state index is 10.5. The van der Waals surface area contributed by atoms with Gasteiger partial charge in [0, 0.05) is 0 Å². The van der Waals surface area contributed by atoms with Crippen molar-refractivity contribution >= 4 is 11.7 Å². The summed E-state index contributed by atoms with van der Waals surface area (Å²) in [6, 6.07) is 7.14. The summed E-state index contributed by atoms with van der Waals surface area (Å²) in [5.41, 5.74) is 0.771. The van der Waals surface area contributed by atoms with E-state index in [-0.39, 0.29) is 5.76 Å². The standard InChI is InChI=1S/C9H7NO3/c11-9(12)8-5-10-6-3-1-2-4-7(6)13-8/h1-5,10H,(H,11,12). The zero-order valence-corrected chi connectivity index (χ0v) is 6.65. The Morgan fingerprint density at radius 1 is 1.38 bits per heavy atom. The van der Waals surface area contributed by atoms with Gasteiger partial charge in [-0.1, -0.05) is 12.1 Å². The molecule has 1 aliphatic heterocycles. The Morgan fingerprint density at radius 2 is 2.15 bits per heavy atom. The van der Waals surface area contributed by atoms with Gasteiger partial charge in [-0.05, 0) is 12.1 Å². The second kappa shape index (κ2) is 2.82. The number of carboxylic acids is 1. The van der Waals surface area contributed by atoms with E-state index >= 15 is 0 Å². The number of hydrogen-bond donors (Lipinski definition) is 2. The first-order chi connectivity index (χ1) is 6.27. The zero-order chi connectivity index (χ0) is 9.26. The Hall–Kier alpha value is -1.97. The monoisotopic (exact) mass is 177 g/mol. The molecule has 0 atom stereocenters. The third kappa shape index (κ3) is 1.33. The van der Waals surface area contributed by atoms with Crippen LogP contribution in [0.4, 0.5) is 5.69 Å². The van der Waals surface area contributed by atoms with Crippen molar-refractivity contribution in [3.8, 4) is 5.75 Å². The van der Waals surface area contributed by atoms with Gasteiger partial charge in [-0.15, -0.1) is 0 Å². The lowest BCUT2D eigenvalue weighted by molar-refractivity contribution is -0.135. The number of aliphatic carboxylic acids is 1. The quantitative estimate of drug-likeness (QED) is 0.681. The number of ether oxygens (including phenoxy) is 1. The van der Waals surface area contributed by atoms with Gasteiger partial charge in [0.25, 0.3) is 0 Å². The van der Waals surface area contributed by atoms with Gasteiger partial charge in [-0.25, -0.2) is 4.79 Å². The lowest BCUT2D eigenvalue weighted by Crippen LogP contribution is -2.14. The lowest BCUT2D eigenvalue weighted by atomic mass is 10.2. The molecule has 4 heteroatoms. The molecule has 0 aromatic heterocycles. The fourth-order valence-electron chi connectivity index (χ4n) is 1.07. The molecule has 13 heavy (non-hydrogen) atoms. The molecule has 4 nitrogen and oxygen atoms in total. The number of fused-ring (bicyclic) bond motifs is 1. The molecule has 2 N–H and O–H groups in total. The largest absolute Gasteiger partial charge is 0.475 e. The highest BCUT2D eigenvalue weighted by molar-refractivity contribution is 5.86. The SMILES string of the molecule is O=C(O)C1=CNc2ccccc2O1. The van der Waals surface area contributed by atoms with Crippen molar-refractivity contribution in [2.45, 2.75) is 0 Å². The highest BCUT2D eigenvalue weighted by Crippen LogP contribution is 2.28. The van der Waals surface area contributed by atoms with Crippen LogP contribution in [0.2, 0.25) is 0 Å². The van der Waals surface area contributed by atoms with E-state index in [0.717, 1.165) is 5.69 Å². The molecule has 1 heterocycles. The molecule has 1 aromatic rings. The summed E-state index contributed by atoms with van der Waals surface area (Å²) in [7, 11) is 0. The van der Waals surface area contributed by atoms with Crippen LogP contribution in [-0.2, 0) is 4.79 Å². The second-order valence-electron chi connectivity index (χ2n) is 2.56. The van der Waals surface area contributed by atoms with Crippen molar-refractivity contribution in [3.63, 3.8) is 0 Å². The van der Waals surface area contributed by atoms with Gasteiger partial charge >= 0.3 is 5.97 Å². The highest BCUT2D eigenvalue weighted by atomic mass is 16.5. The molecular weight excluding hydrogens is 170 g/mol. The molecule has 0 bridgehead atoms. The molecule has 66 valence electrons. The predicted molar refractivity (Wildman–Crippen MR) is 46.4 cm³/mol. The summed E-state index contributed by atoms with van der Waals surface area (Å²) in [6.07, 6.45) is 1.32.